The van der Waals surface area contributed by atoms with Crippen molar-refractivity contribution >= 4 is 43.4 Å². The molecule has 9 aromatic rings. The number of nitrogens with zero attached hydrogens (tertiary/aromatic N) is 5. The monoisotopic (exact) mass is 607 g/mol. The average molecular weight is 608 g/mol. The van der Waals surface area contributed by atoms with Crippen LogP contribution < -0.4 is 0 Å². The fraction of sp³-hybridized carbons (Fsp3) is 0. The maximum absolute atomic E-state index is 5.10. The minimum atomic E-state index is 0.914. The number of rotatable bonds is 5. The molecule has 6 heteroatoms. The van der Waals surface area contributed by atoms with Crippen molar-refractivity contribution in [2.24, 2.45) is 0 Å². The van der Waals surface area contributed by atoms with Crippen LogP contribution >= 0.6 is 11.3 Å². The molecule has 216 valence electrons. The molecule has 9 rings (SSSR count). The fourth-order valence-corrected chi connectivity index (χ4v) is 7.27. The van der Waals surface area contributed by atoms with E-state index < -0.39 is 0 Å². The molecular formula is C40H25N5S. The summed E-state index contributed by atoms with van der Waals surface area (Å²) in [7, 11) is 0. The van der Waals surface area contributed by atoms with Crippen molar-refractivity contribution in [2.45, 2.75) is 0 Å². The van der Waals surface area contributed by atoms with Crippen LogP contribution in [0.25, 0.3) is 82.1 Å². The standard InChI is InChI=1S/C40H25N5S/c1-2-16-39-36(15-1)44-40(46-39)32-25-38-31(24-29(32)35-14-5-8-21-43-35)30-23-27(34-13-4-7-20-42-34)17-18-37(30)45(38)28-11-9-10-26(22-28)33-12-3-6-19-41-33/h1-25H. The number of pyridine rings is 3. The lowest BCUT2D eigenvalue weighted by atomic mass is 9.99. The highest BCUT2D eigenvalue weighted by Crippen LogP contribution is 2.43. The molecule has 0 N–H and O–H groups in total. The van der Waals surface area contributed by atoms with E-state index >= 15 is 0 Å². The van der Waals surface area contributed by atoms with Crippen LogP contribution in [0.4, 0.5) is 0 Å². The van der Waals surface area contributed by atoms with E-state index in [0.29, 0.717) is 0 Å². The summed E-state index contributed by atoms with van der Waals surface area (Å²) in [5.74, 6) is 0. The van der Waals surface area contributed by atoms with Crippen LogP contribution in [0.15, 0.2) is 152 Å². The largest absolute Gasteiger partial charge is 0.309 e. The Kier molecular flexibility index (Phi) is 6.25. The van der Waals surface area contributed by atoms with Crippen LogP contribution in [0.2, 0.25) is 0 Å². The van der Waals surface area contributed by atoms with Crippen LogP contribution in [-0.2, 0) is 0 Å². The van der Waals surface area contributed by atoms with E-state index in [1.165, 1.54) is 0 Å². The molecule has 0 aliphatic heterocycles. The summed E-state index contributed by atoms with van der Waals surface area (Å²) in [6, 6.07) is 46.3. The zero-order chi connectivity index (χ0) is 30.5. The smallest absolute Gasteiger partial charge is 0.125 e. The van der Waals surface area contributed by atoms with Gasteiger partial charge in [0.1, 0.15) is 5.01 Å². The van der Waals surface area contributed by atoms with Gasteiger partial charge in [0, 0.05) is 57.3 Å². The van der Waals surface area contributed by atoms with Crippen molar-refractivity contribution in [2.75, 3.05) is 0 Å². The molecule has 0 spiro atoms. The lowest BCUT2D eigenvalue weighted by Gasteiger charge is -2.12. The van der Waals surface area contributed by atoms with Crippen molar-refractivity contribution in [1.82, 2.24) is 24.5 Å². The number of aromatic nitrogens is 5. The van der Waals surface area contributed by atoms with Gasteiger partial charge in [0.15, 0.2) is 0 Å². The molecule has 0 radical (unpaired) electrons. The van der Waals surface area contributed by atoms with E-state index in [1.54, 1.807) is 11.3 Å². The number of hydrogen-bond acceptors (Lipinski definition) is 5. The van der Waals surface area contributed by atoms with Gasteiger partial charge in [-0.15, -0.1) is 11.3 Å². The van der Waals surface area contributed by atoms with E-state index in [9.17, 15) is 0 Å². The first-order valence-corrected chi connectivity index (χ1v) is 15.9. The van der Waals surface area contributed by atoms with Crippen molar-refractivity contribution in [3.8, 4) is 50.0 Å². The summed E-state index contributed by atoms with van der Waals surface area (Å²) in [4.78, 5) is 19.2. The Balaban J connectivity index is 1.38. The summed E-state index contributed by atoms with van der Waals surface area (Å²) in [5.41, 5.74) is 11.3. The maximum Gasteiger partial charge on any atom is 0.125 e. The van der Waals surface area contributed by atoms with Crippen LogP contribution in [-0.4, -0.2) is 24.5 Å². The Morgan fingerprint density at radius 2 is 1.15 bits per heavy atom. The minimum absolute atomic E-state index is 0.914. The predicted octanol–water partition coefficient (Wildman–Crippen LogP) is 10.2. The summed E-state index contributed by atoms with van der Waals surface area (Å²) in [6.07, 6.45) is 5.54. The lowest BCUT2D eigenvalue weighted by Crippen LogP contribution is -1.96. The second-order valence-corrected chi connectivity index (χ2v) is 12.2. The third-order valence-electron chi connectivity index (χ3n) is 8.40. The molecule has 5 nitrogen and oxygen atoms in total. The van der Waals surface area contributed by atoms with E-state index in [1.807, 2.05) is 61.1 Å². The van der Waals surface area contributed by atoms with Gasteiger partial charge in [-0.25, -0.2) is 4.98 Å². The van der Waals surface area contributed by atoms with E-state index in [0.717, 1.165) is 82.1 Å². The van der Waals surface area contributed by atoms with Gasteiger partial charge in [-0.2, -0.15) is 0 Å². The first-order chi connectivity index (χ1) is 22.8. The van der Waals surface area contributed by atoms with Gasteiger partial charge >= 0.3 is 0 Å². The predicted molar refractivity (Wildman–Crippen MR) is 189 cm³/mol. The fourth-order valence-electron chi connectivity index (χ4n) is 6.27. The van der Waals surface area contributed by atoms with Crippen molar-refractivity contribution in [3.63, 3.8) is 0 Å². The van der Waals surface area contributed by atoms with Crippen LogP contribution in [0.3, 0.4) is 0 Å². The minimum Gasteiger partial charge on any atom is -0.309 e. The van der Waals surface area contributed by atoms with Gasteiger partial charge in [-0.1, -0.05) is 48.5 Å². The first kappa shape index (κ1) is 26.4. The van der Waals surface area contributed by atoms with Gasteiger partial charge in [-0.3, -0.25) is 15.0 Å². The maximum atomic E-state index is 5.10. The number of thiazole rings is 1. The Morgan fingerprint density at radius 1 is 0.478 bits per heavy atom. The Morgan fingerprint density at radius 3 is 1.87 bits per heavy atom. The van der Waals surface area contributed by atoms with Crippen molar-refractivity contribution < 1.29 is 0 Å². The summed E-state index contributed by atoms with van der Waals surface area (Å²) >= 11 is 1.71. The van der Waals surface area contributed by atoms with Gasteiger partial charge in [0.2, 0.25) is 0 Å². The van der Waals surface area contributed by atoms with Crippen molar-refractivity contribution in [3.05, 3.63) is 152 Å². The topological polar surface area (TPSA) is 56.5 Å². The van der Waals surface area contributed by atoms with Gasteiger partial charge in [0.05, 0.1) is 38.3 Å². The number of benzene rings is 4. The van der Waals surface area contributed by atoms with Gasteiger partial charge in [0.25, 0.3) is 0 Å². The summed E-state index contributed by atoms with van der Waals surface area (Å²) in [6.45, 7) is 0. The van der Waals surface area contributed by atoms with Gasteiger partial charge < -0.3 is 4.57 Å². The molecular weight excluding hydrogens is 583 g/mol. The Hall–Kier alpha value is -5.98. The highest BCUT2D eigenvalue weighted by Gasteiger charge is 2.20. The molecule has 0 aliphatic rings. The number of fused-ring (bicyclic) bond motifs is 4. The molecule has 0 unspecified atom stereocenters. The lowest BCUT2D eigenvalue weighted by molar-refractivity contribution is 1.18. The third kappa shape index (κ3) is 4.47. The van der Waals surface area contributed by atoms with Gasteiger partial charge in [-0.05, 0) is 84.9 Å². The Labute approximate surface area is 269 Å². The number of para-hydroxylation sites is 1. The highest BCUT2D eigenvalue weighted by atomic mass is 32.1. The zero-order valence-corrected chi connectivity index (χ0v) is 25.4. The second kappa shape index (κ2) is 10.9. The molecule has 0 aliphatic carbocycles. The highest BCUT2D eigenvalue weighted by molar-refractivity contribution is 7.21. The first-order valence-electron chi connectivity index (χ1n) is 15.1. The molecule has 5 heterocycles. The molecule has 5 aromatic heterocycles. The van der Waals surface area contributed by atoms with E-state index in [-0.39, 0.29) is 0 Å². The summed E-state index contributed by atoms with van der Waals surface area (Å²) < 4.78 is 3.52. The van der Waals surface area contributed by atoms with Crippen LogP contribution in [0.1, 0.15) is 0 Å². The molecule has 0 amide bonds. The molecule has 0 saturated carbocycles. The van der Waals surface area contributed by atoms with Crippen LogP contribution in [0, 0.1) is 0 Å². The molecule has 4 aromatic carbocycles. The normalized spacial score (nSPS) is 11.5. The zero-order valence-electron chi connectivity index (χ0n) is 24.6. The molecule has 0 atom stereocenters. The van der Waals surface area contributed by atoms with E-state index in [4.69, 9.17) is 9.97 Å². The van der Waals surface area contributed by atoms with Crippen molar-refractivity contribution in [1.29, 1.82) is 0 Å². The third-order valence-corrected chi connectivity index (χ3v) is 9.46. The number of hydrogen-bond donors (Lipinski definition) is 0. The molecule has 0 fully saturated rings. The summed E-state index contributed by atoms with van der Waals surface area (Å²) in [5, 5.41) is 3.26. The SMILES string of the molecule is c1ccc(-c2cccc(-n3c4ccc(-c5ccccn5)cc4c4cc(-c5ccccn5)c(-c5nc6ccccc6s5)cc43)c2)nc1. The Bertz CT molecular complexity index is 2490. The molecule has 0 bridgehead atoms. The molecule has 46 heavy (non-hydrogen) atoms. The van der Waals surface area contributed by atoms with Crippen LogP contribution in [0.5, 0.6) is 0 Å². The van der Waals surface area contributed by atoms with E-state index in [2.05, 4.69) is 106 Å². The average Bonchev–Trinajstić information content (AvgIpc) is 3.71. The quantitative estimate of drug-likeness (QED) is 0.195. The second-order valence-electron chi connectivity index (χ2n) is 11.2. The molecule has 0 saturated heterocycles.